The minimum atomic E-state index is -4.44. The van der Waals surface area contributed by atoms with E-state index in [4.69, 9.17) is 0 Å². The maximum absolute atomic E-state index is 4.44. The molecule has 0 radical (unpaired) electrons. The topological polar surface area (TPSA) is 0 Å². The molecule has 2 atom stereocenters. The number of allylic oxidation sites excluding steroid dienone is 2. The number of rotatable bonds is 6. The van der Waals surface area contributed by atoms with E-state index in [9.17, 15) is 0 Å². The zero-order valence-electron chi connectivity index (χ0n) is 25.0. The first kappa shape index (κ1) is 27.3. The Morgan fingerprint density at radius 1 is 0.625 bits per heavy atom. The SMILES string of the molecule is CCC[CH]=[Hf]([CH3])([CH3])([CH3])([CH]1C=Cc2c(-c3cccc(C)c3)cccc21)[CH]1C=Cc2c(-c3cccc(C)c3)cccc21. The van der Waals surface area contributed by atoms with Crippen LogP contribution in [-0.4, -0.2) is 3.76 Å². The van der Waals surface area contributed by atoms with Crippen LogP contribution >= 0.6 is 0 Å². The third-order valence-electron chi connectivity index (χ3n) is 10.4. The molecule has 0 bridgehead atoms. The maximum atomic E-state index is 2.88. The van der Waals surface area contributed by atoms with Gasteiger partial charge >= 0.3 is 240 Å². The third-order valence-corrected chi connectivity index (χ3v) is 39.7. The van der Waals surface area contributed by atoms with Gasteiger partial charge in [-0.2, -0.15) is 0 Å². The summed E-state index contributed by atoms with van der Waals surface area (Å²) in [5.41, 5.74) is 13.9. The van der Waals surface area contributed by atoms with Gasteiger partial charge in [-0.15, -0.1) is 0 Å². The fourth-order valence-corrected chi connectivity index (χ4v) is 34.2. The van der Waals surface area contributed by atoms with Crippen molar-refractivity contribution < 1.29 is 16.5 Å². The standard InChI is InChI=1S/2C16H13.C4H8.3CH3.Hf/c2*1-12-5-2-8-14(11-12)16-10-4-7-13-6-3-9-15(13)16;1-3-4-2;;;;/h2*2-11H,1H3;1H,3-4H2,2H3;3*1H3;. The third kappa shape index (κ3) is 4.24. The van der Waals surface area contributed by atoms with Crippen LogP contribution in [0.4, 0.5) is 0 Å². The van der Waals surface area contributed by atoms with Crippen LogP contribution in [0, 0.1) is 13.8 Å². The van der Waals surface area contributed by atoms with E-state index in [-0.39, 0.29) is 0 Å². The summed E-state index contributed by atoms with van der Waals surface area (Å²) in [4.78, 5) is 0. The van der Waals surface area contributed by atoms with Crippen LogP contribution in [0.1, 0.15) is 60.5 Å². The number of hydrogen-bond donors (Lipinski definition) is 0. The molecule has 1 heteroatoms. The first-order valence-corrected chi connectivity index (χ1v) is 32.1. The van der Waals surface area contributed by atoms with Gasteiger partial charge in [0.15, 0.2) is 0 Å². The van der Waals surface area contributed by atoms with Crippen molar-refractivity contribution in [1.82, 2.24) is 0 Å². The van der Waals surface area contributed by atoms with Crippen LogP contribution in [0.15, 0.2) is 97.1 Å². The van der Waals surface area contributed by atoms with Crippen molar-refractivity contribution in [3.05, 3.63) is 130 Å². The zero-order chi connectivity index (χ0) is 28.2. The number of hydrogen-bond acceptors (Lipinski definition) is 0. The van der Waals surface area contributed by atoms with Crippen molar-refractivity contribution in [2.24, 2.45) is 0 Å². The molecule has 2 aliphatic carbocycles. The molecule has 0 N–H and O–H groups in total. The first-order chi connectivity index (χ1) is 19.0. The molecule has 0 aliphatic heterocycles. The van der Waals surface area contributed by atoms with Gasteiger partial charge in [0.25, 0.3) is 0 Å². The van der Waals surface area contributed by atoms with Crippen molar-refractivity contribution in [2.45, 2.75) is 55.0 Å². The number of unbranched alkanes of at least 4 members (excludes halogenated alkanes) is 1. The van der Waals surface area contributed by atoms with Crippen molar-refractivity contribution in [3.63, 3.8) is 0 Å². The quantitative estimate of drug-likeness (QED) is 0.177. The molecule has 2 aliphatic rings. The monoisotopic (exact) mass is 691 g/mol. The van der Waals surface area contributed by atoms with Crippen LogP contribution in [0.2, 0.25) is 14.0 Å². The fourth-order valence-electron chi connectivity index (χ4n) is 8.08. The summed E-state index contributed by atoms with van der Waals surface area (Å²) in [5.74, 6) is 0. The molecular formula is C39H43Hf. The number of aryl methyl sites for hydroxylation is 2. The molecule has 2 unspecified atom stereocenters. The Morgan fingerprint density at radius 3 is 1.50 bits per heavy atom. The molecule has 6 rings (SSSR count). The Bertz CT molecular complexity index is 1670. The molecule has 0 spiro atoms. The molecule has 203 valence electrons. The van der Waals surface area contributed by atoms with Gasteiger partial charge in [-0.1, -0.05) is 0 Å². The van der Waals surface area contributed by atoms with Gasteiger partial charge < -0.3 is 0 Å². The van der Waals surface area contributed by atoms with Crippen molar-refractivity contribution in [2.75, 3.05) is 0 Å². The molecule has 0 saturated heterocycles. The molecule has 0 nitrogen and oxygen atoms in total. The van der Waals surface area contributed by atoms with Crippen LogP contribution in [0.25, 0.3) is 34.4 Å². The van der Waals surface area contributed by atoms with E-state index in [0.717, 1.165) is 0 Å². The Morgan fingerprint density at radius 2 is 1.07 bits per heavy atom. The van der Waals surface area contributed by atoms with E-state index >= 15 is 0 Å². The molecule has 0 fully saturated rings. The van der Waals surface area contributed by atoms with E-state index < -0.39 is 16.5 Å². The van der Waals surface area contributed by atoms with E-state index in [0.29, 0.717) is 7.35 Å². The van der Waals surface area contributed by atoms with Crippen molar-refractivity contribution >= 4 is 15.9 Å². The average Bonchev–Trinajstić information content (AvgIpc) is 3.59. The van der Waals surface area contributed by atoms with E-state index in [1.165, 1.54) is 68.5 Å². The Kier molecular flexibility index (Phi) is 6.35. The van der Waals surface area contributed by atoms with E-state index in [1.54, 1.807) is 0 Å². The number of benzene rings is 4. The van der Waals surface area contributed by atoms with Gasteiger partial charge in [-0.05, 0) is 0 Å². The fraction of sp³-hybridized carbons (Fsp3) is 0.256. The van der Waals surface area contributed by atoms with Crippen molar-refractivity contribution in [1.29, 1.82) is 0 Å². The molecule has 4 aromatic rings. The van der Waals surface area contributed by atoms with Crippen LogP contribution in [-0.2, 0) is 16.5 Å². The molecule has 0 aromatic heterocycles. The predicted octanol–water partition coefficient (Wildman–Crippen LogP) is 11.4. The van der Waals surface area contributed by atoms with Crippen LogP contribution < -0.4 is 0 Å². The van der Waals surface area contributed by atoms with Gasteiger partial charge in [-0.3, -0.25) is 0 Å². The summed E-state index contributed by atoms with van der Waals surface area (Å²) in [6.07, 6.45) is 12.4. The molecule has 0 heterocycles. The van der Waals surface area contributed by atoms with Gasteiger partial charge in [0.05, 0.1) is 0 Å². The number of fused-ring (bicyclic) bond motifs is 2. The molecule has 0 amide bonds. The zero-order valence-corrected chi connectivity index (χ0v) is 28.6. The van der Waals surface area contributed by atoms with Gasteiger partial charge in [0, 0.05) is 0 Å². The van der Waals surface area contributed by atoms with Gasteiger partial charge in [0.2, 0.25) is 0 Å². The average molecular weight is 690 g/mol. The second-order valence-electron chi connectivity index (χ2n) is 14.6. The Labute approximate surface area is 238 Å². The second-order valence-corrected chi connectivity index (χ2v) is 53.6. The summed E-state index contributed by atoms with van der Waals surface area (Å²) in [5, 5.41) is 0. The Hall–Kier alpha value is -2.90. The first-order valence-electron chi connectivity index (χ1n) is 15.1. The predicted molar refractivity (Wildman–Crippen MR) is 175 cm³/mol. The normalized spacial score (nSPS) is 19.1. The van der Waals surface area contributed by atoms with E-state index in [1.807, 2.05) is 0 Å². The van der Waals surface area contributed by atoms with Crippen LogP contribution in [0.3, 0.4) is 0 Å². The minimum absolute atomic E-state index is 0.435. The van der Waals surface area contributed by atoms with Crippen LogP contribution in [0.5, 0.6) is 0 Å². The Balaban J connectivity index is 1.55. The summed E-state index contributed by atoms with van der Waals surface area (Å²) >= 11 is -4.44. The summed E-state index contributed by atoms with van der Waals surface area (Å²) in [6.45, 7) is 6.71. The summed E-state index contributed by atoms with van der Waals surface area (Å²) in [7, 11) is 0. The second kappa shape index (κ2) is 9.31. The van der Waals surface area contributed by atoms with Gasteiger partial charge in [-0.25, -0.2) is 0 Å². The summed E-state index contributed by atoms with van der Waals surface area (Å²) in [6, 6.07) is 32.0. The van der Waals surface area contributed by atoms with E-state index in [2.05, 4.69) is 148 Å². The van der Waals surface area contributed by atoms with Crippen molar-refractivity contribution in [3.8, 4) is 22.3 Å². The summed E-state index contributed by atoms with van der Waals surface area (Å²) < 4.78 is 12.0. The molecular weight excluding hydrogens is 647 g/mol. The van der Waals surface area contributed by atoms with Gasteiger partial charge in [0.1, 0.15) is 0 Å². The molecule has 4 aromatic carbocycles. The molecule has 0 saturated carbocycles. The molecule has 40 heavy (non-hydrogen) atoms.